The maximum absolute atomic E-state index is 6.37. The molecule has 104 valence electrons. The molecule has 2 nitrogen and oxygen atoms in total. The third-order valence-corrected chi connectivity index (χ3v) is 4.42. The van der Waals surface area contributed by atoms with Crippen LogP contribution < -0.4 is 10.5 Å². The summed E-state index contributed by atoms with van der Waals surface area (Å²) in [5, 5.41) is 0.690. The van der Waals surface area contributed by atoms with Crippen molar-refractivity contribution in [1.82, 2.24) is 0 Å². The minimum absolute atomic E-state index is 0.229. The van der Waals surface area contributed by atoms with E-state index < -0.39 is 0 Å². The van der Waals surface area contributed by atoms with Crippen LogP contribution in [-0.4, -0.2) is 6.61 Å². The summed E-state index contributed by atoms with van der Waals surface area (Å²) in [6, 6.07) is 11.7. The zero-order valence-corrected chi connectivity index (χ0v) is 13.2. The van der Waals surface area contributed by atoms with Crippen molar-refractivity contribution in [3.63, 3.8) is 0 Å². The number of halogens is 2. The maximum atomic E-state index is 6.37. The Morgan fingerprint density at radius 2 is 2.05 bits per heavy atom. The molecule has 1 atom stereocenters. The Hall–Kier alpha value is -1.03. The molecular weight excluding hydrogens is 338 g/mol. The smallest absolute Gasteiger partial charge is 0.122 e. The average molecular weight is 353 g/mol. The van der Waals surface area contributed by atoms with Gasteiger partial charge in [0.2, 0.25) is 0 Å². The molecule has 0 saturated carbocycles. The Kier molecular flexibility index (Phi) is 4.01. The van der Waals surface area contributed by atoms with E-state index in [-0.39, 0.29) is 6.04 Å². The van der Waals surface area contributed by atoms with Gasteiger partial charge in [-0.05, 0) is 53.8 Å². The maximum Gasteiger partial charge on any atom is 0.122 e. The quantitative estimate of drug-likeness (QED) is 0.865. The van der Waals surface area contributed by atoms with Crippen LogP contribution in [0.25, 0.3) is 0 Å². The molecule has 0 aliphatic carbocycles. The number of nitrogens with two attached hydrogens (primary N) is 1. The Morgan fingerprint density at radius 3 is 2.90 bits per heavy atom. The van der Waals surface area contributed by atoms with Crippen LogP contribution in [0.2, 0.25) is 5.02 Å². The molecule has 1 heterocycles. The first-order chi connectivity index (χ1) is 9.65. The highest BCUT2D eigenvalue weighted by molar-refractivity contribution is 9.10. The second-order valence-electron chi connectivity index (χ2n) is 4.96. The molecule has 0 bridgehead atoms. The van der Waals surface area contributed by atoms with E-state index in [9.17, 15) is 0 Å². The van der Waals surface area contributed by atoms with Crippen LogP contribution in [0.3, 0.4) is 0 Å². The lowest BCUT2D eigenvalue weighted by atomic mass is 9.95. The number of ether oxygens (including phenoxy) is 1. The summed E-state index contributed by atoms with van der Waals surface area (Å²) in [5.74, 6) is 0.979. The molecule has 3 rings (SSSR count). The summed E-state index contributed by atoms with van der Waals surface area (Å²) in [6.45, 7) is 0.801. The van der Waals surface area contributed by atoms with Gasteiger partial charge in [0.1, 0.15) is 5.75 Å². The van der Waals surface area contributed by atoms with E-state index in [4.69, 9.17) is 22.1 Å². The van der Waals surface area contributed by atoms with E-state index in [1.807, 2.05) is 30.3 Å². The summed E-state index contributed by atoms with van der Waals surface area (Å²) in [6.07, 6.45) is 2.10. The van der Waals surface area contributed by atoms with Crippen LogP contribution in [0.5, 0.6) is 5.75 Å². The normalized spacial score (nSPS) is 15.3. The van der Waals surface area contributed by atoms with E-state index in [1.165, 1.54) is 5.56 Å². The van der Waals surface area contributed by atoms with Gasteiger partial charge >= 0.3 is 0 Å². The first-order valence-electron chi connectivity index (χ1n) is 6.61. The van der Waals surface area contributed by atoms with Crippen molar-refractivity contribution >= 4 is 27.5 Å². The molecule has 0 spiro atoms. The third-order valence-electron chi connectivity index (χ3n) is 3.58. The number of fused-ring (bicyclic) bond motifs is 1. The van der Waals surface area contributed by atoms with Crippen molar-refractivity contribution in [2.75, 3.05) is 6.61 Å². The van der Waals surface area contributed by atoms with Crippen molar-refractivity contribution < 1.29 is 4.74 Å². The zero-order chi connectivity index (χ0) is 14.1. The molecule has 2 aromatic carbocycles. The molecule has 2 N–H and O–H groups in total. The Labute approximate surface area is 132 Å². The van der Waals surface area contributed by atoms with Crippen LogP contribution in [-0.2, 0) is 6.42 Å². The summed E-state index contributed by atoms with van der Waals surface area (Å²) >= 11 is 9.72. The Morgan fingerprint density at radius 1 is 1.20 bits per heavy atom. The third kappa shape index (κ3) is 2.71. The molecule has 0 fully saturated rings. The minimum atomic E-state index is -0.229. The van der Waals surface area contributed by atoms with E-state index in [0.29, 0.717) is 5.02 Å². The first-order valence-corrected chi connectivity index (χ1v) is 7.78. The van der Waals surface area contributed by atoms with Gasteiger partial charge in [-0.2, -0.15) is 0 Å². The highest BCUT2D eigenvalue weighted by atomic mass is 79.9. The van der Waals surface area contributed by atoms with Crippen LogP contribution in [0, 0.1) is 0 Å². The highest BCUT2D eigenvalue weighted by Crippen LogP contribution is 2.32. The number of rotatable bonds is 2. The van der Waals surface area contributed by atoms with Crippen molar-refractivity contribution in [2.45, 2.75) is 18.9 Å². The fourth-order valence-electron chi connectivity index (χ4n) is 2.51. The van der Waals surface area contributed by atoms with E-state index in [2.05, 4.69) is 22.0 Å². The fraction of sp³-hybridized carbons (Fsp3) is 0.250. The molecule has 0 radical (unpaired) electrons. The monoisotopic (exact) mass is 351 g/mol. The Bertz CT molecular complexity index is 644. The molecule has 20 heavy (non-hydrogen) atoms. The molecule has 0 aromatic heterocycles. The number of aryl methyl sites for hydroxylation is 1. The largest absolute Gasteiger partial charge is 0.493 e. The summed E-state index contributed by atoms with van der Waals surface area (Å²) in [5.41, 5.74) is 9.60. The predicted octanol–water partition coefficient (Wildman–Crippen LogP) is 4.48. The van der Waals surface area contributed by atoms with Gasteiger partial charge in [-0.25, -0.2) is 0 Å². The van der Waals surface area contributed by atoms with Crippen molar-refractivity contribution in [3.05, 3.63) is 62.6 Å². The van der Waals surface area contributed by atoms with Gasteiger partial charge in [-0.15, -0.1) is 0 Å². The van der Waals surface area contributed by atoms with Gasteiger partial charge in [0, 0.05) is 9.50 Å². The highest BCUT2D eigenvalue weighted by Gasteiger charge is 2.16. The lowest BCUT2D eigenvalue weighted by Gasteiger charge is -2.20. The second kappa shape index (κ2) is 5.76. The van der Waals surface area contributed by atoms with Gasteiger partial charge in [0.25, 0.3) is 0 Å². The van der Waals surface area contributed by atoms with Crippen molar-refractivity contribution in [2.24, 2.45) is 5.73 Å². The summed E-state index contributed by atoms with van der Waals surface area (Å²) < 4.78 is 6.61. The molecule has 4 heteroatoms. The number of hydrogen-bond acceptors (Lipinski definition) is 2. The topological polar surface area (TPSA) is 35.2 Å². The minimum Gasteiger partial charge on any atom is -0.493 e. The Balaban J connectivity index is 1.97. The van der Waals surface area contributed by atoms with E-state index >= 15 is 0 Å². The number of hydrogen-bond donors (Lipinski definition) is 1. The average Bonchev–Trinajstić information content (AvgIpc) is 2.48. The van der Waals surface area contributed by atoms with Crippen LogP contribution in [0.1, 0.15) is 29.2 Å². The summed E-state index contributed by atoms with van der Waals surface area (Å²) in [4.78, 5) is 0. The number of benzene rings is 2. The van der Waals surface area contributed by atoms with Crippen LogP contribution in [0.4, 0.5) is 0 Å². The molecule has 0 amide bonds. The molecule has 1 aliphatic rings. The molecule has 1 aliphatic heterocycles. The predicted molar refractivity (Wildman–Crippen MR) is 85.4 cm³/mol. The first kappa shape index (κ1) is 13.9. The SMILES string of the molecule is NC(c1ccc2c(c1)CCCO2)c1cc(Br)ccc1Cl. The van der Waals surface area contributed by atoms with E-state index in [1.54, 1.807) is 0 Å². The van der Waals surface area contributed by atoms with Crippen molar-refractivity contribution in [1.29, 1.82) is 0 Å². The van der Waals surface area contributed by atoms with E-state index in [0.717, 1.165) is 40.8 Å². The lowest BCUT2D eigenvalue weighted by molar-refractivity contribution is 0.288. The van der Waals surface area contributed by atoms with Crippen molar-refractivity contribution in [3.8, 4) is 5.75 Å². The van der Waals surface area contributed by atoms with Gasteiger partial charge in [0.15, 0.2) is 0 Å². The van der Waals surface area contributed by atoms with Gasteiger partial charge in [0.05, 0.1) is 12.6 Å². The fourth-order valence-corrected chi connectivity index (χ4v) is 3.12. The second-order valence-corrected chi connectivity index (χ2v) is 6.29. The lowest BCUT2D eigenvalue weighted by Crippen LogP contribution is -2.14. The molecule has 2 aromatic rings. The van der Waals surface area contributed by atoms with Crippen LogP contribution >= 0.6 is 27.5 Å². The molecule has 1 unspecified atom stereocenters. The van der Waals surface area contributed by atoms with Gasteiger partial charge < -0.3 is 10.5 Å². The van der Waals surface area contributed by atoms with Gasteiger partial charge in [-0.3, -0.25) is 0 Å². The summed E-state index contributed by atoms with van der Waals surface area (Å²) in [7, 11) is 0. The molecule has 0 saturated heterocycles. The van der Waals surface area contributed by atoms with Crippen LogP contribution in [0.15, 0.2) is 40.9 Å². The van der Waals surface area contributed by atoms with Gasteiger partial charge in [-0.1, -0.05) is 39.7 Å². The molecular formula is C16H15BrClNO. The standard InChI is InChI=1S/C16H15BrClNO/c17-12-4-5-14(18)13(9-12)16(19)11-3-6-15-10(8-11)2-1-7-20-15/h3-6,8-9,16H,1-2,7,19H2. The zero-order valence-electron chi connectivity index (χ0n) is 10.9.